The van der Waals surface area contributed by atoms with Gasteiger partial charge in [-0.05, 0) is 92.1 Å². The first kappa shape index (κ1) is 26.0. The van der Waals surface area contributed by atoms with E-state index in [1.807, 2.05) is 12.1 Å². The number of hydrogen-bond donors (Lipinski definition) is 0. The van der Waals surface area contributed by atoms with Crippen LogP contribution in [0.3, 0.4) is 0 Å². The summed E-state index contributed by atoms with van der Waals surface area (Å²) in [5, 5.41) is 19.8. The molecule has 196 valence electrons. The van der Waals surface area contributed by atoms with Gasteiger partial charge in [0.05, 0.1) is 25.3 Å². The summed E-state index contributed by atoms with van der Waals surface area (Å²) in [6.07, 6.45) is 0. The van der Waals surface area contributed by atoms with Gasteiger partial charge in [-0.1, -0.05) is 36.4 Å². The molecule has 0 saturated carbocycles. The molecule has 0 fully saturated rings. The van der Waals surface area contributed by atoms with Crippen LogP contribution in [0.2, 0.25) is 0 Å². The van der Waals surface area contributed by atoms with Crippen molar-refractivity contribution < 1.29 is 17.6 Å². The van der Waals surface area contributed by atoms with Crippen LogP contribution in [0, 0.1) is 59.1 Å². The summed E-state index contributed by atoms with van der Waals surface area (Å²) >= 11 is 0. The van der Waals surface area contributed by atoms with Crippen molar-refractivity contribution in [2.24, 2.45) is 0 Å². The number of benzene rings is 4. The number of fused-ring (bicyclic) bond motifs is 4. The lowest BCUT2D eigenvalue weighted by atomic mass is 9.88. The second-order valence-electron chi connectivity index (χ2n) is 9.42. The van der Waals surface area contributed by atoms with E-state index in [1.54, 1.807) is 36.4 Å². The van der Waals surface area contributed by atoms with Gasteiger partial charge in [-0.3, -0.25) is 0 Å². The van der Waals surface area contributed by atoms with Gasteiger partial charge in [0.1, 0.15) is 0 Å². The van der Waals surface area contributed by atoms with Crippen LogP contribution in [-0.4, -0.2) is 0 Å². The lowest BCUT2D eigenvalue weighted by Gasteiger charge is -2.15. The maximum absolute atomic E-state index is 14.1. The van der Waals surface area contributed by atoms with Crippen molar-refractivity contribution in [1.82, 2.24) is 0 Å². The number of rotatable bonds is 2. The predicted octanol–water partition coefficient (Wildman–Crippen LogP) is 8.82. The van der Waals surface area contributed by atoms with Gasteiger partial charge in [0.15, 0.2) is 23.3 Å². The molecule has 6 rings (SSSR count). The molecule has 0 N–H and O–H groups in total. The Hall–Kier alpha value is -6.22. The molecule has 0 radical (unpaired) electrons. The average molecular weight is 552 g/mol. The summed E-state index contributed by atoms with van der Waals surface area (Å²) in [5.74, 6) is -4.08. The SMILES string of the molecule is [C-]#[N+]/C(C#N)=C1C2=C(/C(=C(\C#N)[N+]#[C-])c3ccc(-c4ccc(F)c(F)c4)cc32)c2cc(-c3ccc(F)c(F)c3)ccc2\1. The number of nitriles is 2. The van der Waals surface area contributed by atoms with Gasteiger partial charge < -0.3 is 0 Å². The third kappa shape index (κ3) is 3.80. The highest BCUT2D eigenvalue weighted by Gasteiger charge is 2.39. The fraction of sp³-hybridized carbons (Fsp3) is 0. The van der Waals surface area contributed by atoms with Crippen LogP contribution >= 0.6 is 0 Å². The minimum absolute atomic E-state index is 0.228. The summed E-state index contributed by atoms with van der Waals surface area (Å²) in [6, 6.07) is 20.8. The maximum atomic E-state index is 14.1. The summed E-state index contributed by atoms with van der Waals surface area (Å²) < 4.78 is 55.5. The molecule has 0 saturated heterocycles. The molecule has 8 heteroatoms. The average Bonchev–Trinajstić information content (AvgIpc) is 3.50. The molecule has 2 aliphatic rings. The Balaban J connectivity index is 1.69. The first-order valence-electron chi connectivity index (χ1n) is 12.3. The topological polar surface area (TPSA) is 56.3 Å². The van der Waals surface area contributed by atoms with E-state index < -0.39 is 23.3 Å². The van der Waals surface area contributed by atoms with Crippen molar-refractivity contribution in [2.45, 2.75) is 0 Å². The molecule has 0 spiro atoms. The Morgan fingerprint density at radius 1 is 0.500 bits per heavy atom. The van der Waals surface area contributed by atoms with Crippen LogP contribution in [0.25, 0.3) is 54.2 Å². The number of halogens is 4. The highest BCUT2D eigenvalue weighted by molar-refractivity contribution is 6.37. The van der Waals surface area contributed by atoms with Crippen LogP contribution < -0.4 is 0 Å². The minimum atomic E-state index is -1.04. The lowest BCUT2D eigenvalue weighted by Crippen LogP contribution is -1.96. The molecule has 4 aromatic rings. The first-order chi connectivity index (χ1) is 20.3. The Morgan fingerprint density at radius 2 is 0.857 bits per heavy atom. The minimum Gasteiger partial charge on any atom is -0.226 e. The van der Waals surface area contributed by atoms with Crippen molar-refractivity contribution in [3.8, 4) is 34.4 Å². The summed E-state index contributed by atoms with van der Waals surface area (Å²) in [5.41, 5.74) is 4.70. The van der Waals surface area contributed by atoms with E-state index in [9.17, 15) is 28.1 Å². The molecular weight excluding hydrogens is 540 g/mol. The Labute approximate surface area is 237 Å². The number of nitrogens with zero attached hydrogens (tertiary/aromatic N) is 4. The van der Waals surface area contributed by atoms with Crippen LogP contribution in [0.4, 0.5) is 17.6 Å². The van der Waals surface area contributed by atoms with E-state index in [4.69, 9.17) is 13.1 Å². The van der Waals surface area contributed by atoms with Crippen molar-refractivity contribution in [3.63, 3.8) is 0 Å². The van der Waals surface area contributed by atoms with Crippen LogP contribution in [-0.2, 0) is 0 Å². The highest BCUT2D eigenvalue weighted by atomic mass is 19.2. The van der Waals surface area contributed by atoms with E-state index in [1.165, 1.54) is 12.1 Å². The van der Waals surface area contributed by atoms with Crippen LogP contribution in [0.5, 0.6) is 0 Å². The zero-order valence-corrected chi connectivity index (χ0v) is 21.2. The first-order valence-corrected chi connectivity index (χ1v) is 12.3. The quantitative estimate of drug-likeness (QED) is 0.142. The van der Waals surface area contributed by atoms with E-state index >= 15 is 0 Å². The molecule has 0 heterocycles. The Bertz CT molecular complexity index is 1990. The third-order valence-corrected chi connectivity index (χ3v) is 7.28. The molecular formula is C34H12F4N4. The normalized spacial score (nSPS) is 15.0. The van der Waals surface area contributed by atoms with Gasteiger partial charge in [-0.25, -0.2) is 37.8 Å². The van der Waals surface area contributed by atoms with E-state index in [2.05, 4.69) is 9.69 Å². The number of allylic oxidation sites excluding steroid dienone is 6. The van der Waals surface area contributed by atoms with E-state index in [-0.39, 0.29) is 22.5 Å². The third-order valence-electron chi connectivity index (χ3n) is 7.28. The van der Waals surface area contributed by atoms with E-state index in [0.29, 0.717) is 55.7 Å². The predicted molar refractivity (Wildman–Crippen MR) is 149 cm³/mol. The fourth-order valence-electron chi connectivity index (χ4n) is 5.47. The molecule has 42 heavy (non-hydrogen) atoms. The molecule has 0 aliphatic heterocycles. The standard InChI is InChI=1S/C34H12F4N4/c1-41-29(15-39)31-21-7-3-17(19-5-9-25(35)27(37)13-19)11-23(21)34-32(30(16-40)42-2)22-8-4-18(12-24(22)33(31)34)20-6-10-26(36)28(38)14-20/h3-14H/b31-29-,32-30+. The summed E-state index contributed by atoms with van der Waals surface area (Å²) in [4.78, 5) is 6.89. The van der Waals surface area contributed by atoms with Gasteiger partial charge >= 0.3 is 0 Å². The molecule has 0 amide bonds. The maximum Gasteiger partial charge on any atom is 0.270 e. The van der Waals surface area contributed by atoms with Gasteiger partial charge in [-0.2, -0.15) is 0 Å². The van der Waals surface area contributed by atoms with Gasteiger partial charge in [0, 0.05) is 11.1 Å². The lowest BCUT2D eigenvalue weighted by molar-refractivity contribution is 0.509. The van der Waals surface area contributed by atoms with Crippen LogP contribution in [0.15, 0.2) is 84.2 Å². The van der Waals surface area contributed by atoms with Crippen LogP contribution in [0.1, 0.15) is 22.3 Å². The molecule has 0 atom stereocenters. The molecule has 0 aromatic heterocycles. The van der Waals surface area contributed by atoms with E-state index in [0.717, 1.165) is 24.3 Å². The monoisotopic (exact) mass is 552 g/mol. The zero-order chi connectivity index (χ0) is 29.7. The molecule has 4 aromatic carbocycles. The fourth-order valence-corrected chi connectivity index (χ4v) is 5.47. The molecule has 2 aliphatic carbocycles. The zero-order valence-electron chi connectivity index (χ0n) is 21.2. The highest BCUT2D eigenvalue weighted by Crippen LogP contribution is 2.60. The summed E-state index contributed by atoms with van der Waals surface area (Å²) in [6.45, 7) is 15.4. The van der Waals surface area contributed by atoms with Gasteiger partial charge in [0.25, 0.3) is 11.4 Å². The molecule has 0 bridgehead atoms. The van der Waals surface area contributed by atoms with Crippen molar-refractivity contribution in [2.75, 3.05) is 0 Å². The summed E-state index contributed by atoms with van der Waals surface area (Å²) in [7, 11) is 0. The van der Waals surface area contributed by atoms with Crippen molar-refractivity contribution in [3.05, 3.63) is 153 Å². The molecule has 0 unspecified atom stereocenters. The van der Waals surface area contributed by atoms with Crippen molar-refractivity contribution >= 4 is 22.3 Å². The molecule has 4 nitrogen and oxygen atoms in total. The smallest absolute Gasteiger partial charge is 0.226 e. The Kier molecular flexibility index (Phi) is 6.05. The second-order valence-corrected chi connectivity index (χ2v) is 9.42. The Morgan fingerprint density at radius 3 is 1.19 bits per heavy atom. The second kappa shape index (κ2) is 9.76. The largest absolute Gasteiger partial charge is 0.270 e. The van der Waals surface area contributed by atoms with Crippen molar-refractivity contribution in [1.29, 1.82) is 10.5 Å². The van der Waals surface area contributed by atoms with Gasteiger partial charge in [-0.15, -0.1) is 0 Å². The van der Waals surface area contributed by atoms with Gasteiger partial charge in [0.2, 0.25) is 0 Å². The number of hydrogen-bond acceptors (Lipinski definition) is 2.